The molecule has 0 amide bonds. The van der Waals surface area contributed by atoms with Crippen molar-refractivity contribution in [2.45, 2.75) is 30.7 Å². The number of imidazole rings is 1. The van der Waals surface area contributed by atoms with Crippen molar-refractivity contribution in [2.24, 2.45) is 0 Å². The van der Waals surface area contributed by atoms with E-state index < -0.39 is 4.75 Å². The van der Waals surface area contributed by atoms with Gasteiger partial charge in [-0.15, -0.1) is 0 Å². The number of nitrogens with zero attached hydrogens (tertiary/aromatic N) is 3. The minimum atomic E-state index is -0.778. The van der Waals surface area contributed by atoms with Gasteiger partial charge >= 0.3 is 5.97 Å². The SMILES string of the molecule is CCOC(=O)C(C)(C)Sc1nc2cccnc2n1-c1cccc2ccccc12. The van der Waals surface area contributed by atoms with E-state index in [1.54, 1.807) is 6.20 Å². The summed E-state index contributed by atoms with van der Waals surface area (Å²) in [6, 6.07) is 18.2. The monoisotopic (exact) mass is 391 g/mol. The second-order valence-corrected chi connectivity index (χ2v) is 8.50. The summed E-state index contributed by atoms with van der Waals surface area (Å²) >= 11 is 1.39. The fourth-order valence-electron chi connectivity index (χ4n) is 3.16. The molecule has 0 aliphatic carbocycles. The van der Waals surface area contributed by atoms with Crippen LogP contribution < -0.4 is 0 Å². The third-order valence-electron chi connectivity index (χ3n) is 4.51. The van der Waals surface area contributed by atoms with E-state index in [2.05, 4.69) is 29.2 Å². The lowest BCUT2D eigenvalue weighted by molar-refractivity contribution is -0.145. The van der Waals surface area contributed by atoms with Gasteiger partial charge in [0.1, 0.15) is 10.3 Å². The Bertz CT molecular complexity index is 1160. The van der Waals surface area contributed by atoms with Gasteiger partial charge in [-0.25, -0.2) is 9.97 Å². The van der Waals surface area contributed by atoms with Crippen LogP contribution in [0.25, 0.3) is 27.6 Å². The van der Waals surface area contributed by atoms with Crippen molar-refractivity contribution in [3.8, 4) is 5.69 Å². The molecule has 142 valence electrons. The summed E-state index contributed by atoms with van der Waals surface area (Å²) < 4.78 is 6.51. The minimum Gasteiger partial charge on any atom is -0.465 e. The molecule has 28 heavy (non-hydrogen) atoms. The maximum absolute atomic E-state index is 12.4. The number of ether oxygens (including phenoxy) is 1. The first-order valence-corrected chi connectivity index (χ1v) is 10.0. The van der Waals surface area contributed by atoms with Gasteiger partial charge < -0.3 is 4.74 Å². The fourth-order valence-corrected chi connectivity index (χ4v) is 4.17. The quantitative estimate of drug-likeness (QED) is 0.354. The van der Waals surface area contributed by atoms with E-state index in [1.807, 2.05) is 55.7 Å². The molecular formula is C22H21N3O2S. The van der Waals surface area contributed by atoms with Crippen LogP contribution in [0.15, 0.2) is 66.0 Å². The van der Waals surface area contributed by atoms with Crippen LogP contribution in [-0.4, -0.2) is 31.9 Å². The first-order valence-electron chi connectivity index (χ1n) is 9.19. The Morgan fingerprint density at radius 2 is 1.89 bits per heavy atom. The summed E-state index contributed by atoms with van der Waals surface area (Å²) in [7, 11) is 0. The van der Waals surface area contributed by atoms with E-state index in [1.165, 1.54) is 11.8 Å². The largest absolute Gasteiger partial charge is 0.465 e. The van der Waals surface area contributed by atoms with E-state index >= 15 is 0 Å². The molecule has 0 saturated carbocycles. The third kappa shape index (κ3) is 3.24. The molecule has 0 aliphatic rings. The lowest BCUT2D eigenvalue weighted by Gasteiger charge is -2.21. The number of esters is 1. The van der Waals surface area contributed by atoms with E-state index in [4.69, 9.17) is 9.72 Å². The van der Waals surface area contributed by atoms with Gasteiger partial charge in [-0.05, 0) is 44.4 Å². The zero-order valence-corrected chi connectivity index (χ0v) is 16.9. The molecule has 0 atom stereocenters. The average Bonchev–Trinajstić information content (AvgIpc) is 3.04. The summed E-state index contributed by atoms with van der Waals surface area (Å²) in [6.45, 7) is 5.88. The molecule has 2 aromatic carbocycles. The molecule has 0 saturated heterocycles. The summed E-state index contributed by atoms with van der Waals surface area (Å²) in [5, 5.41) is 2.95. The second-order valence-electron chi connectivity index (χ2n) is 6.91. The predicted octanol–water partition coefficient (Wildman–Crippen LogP) is 5.01. The van der Waals surface area contributed by atoms with Gasteiger partial charge in [0.05, 0.1) is 12.3 Å². The number of hydrogen-bond acceptors (Lipinski definition) is 5. The van der Waals surface area contributed by atoms with Gasteiger partial charge in [0.25, 0.3) is 0 Å². The summed E-state index contributed by atoms with van der Waals surface area (Å²) in [5.41, 5.74) is 2.54. The van der Waals surface area contributed by atoms with Gasteiger partial charge in [-0.1, -0.05) is 48.2 Å². The van der Waals surface area contributed by atoms with Crippen molar-refractivity contribution in [3.63, 3.8) is 0 Å². The Hall–Kier alpha value is -2.86. The zero-order chi connectivity index (χ0) is 19.7. The Morgan fingerprint density at radius 3 is 2.71 bits per heavy atom. The van der Waals surface area contributed by atoms with Crippen LogP contribution in [0.4, 0.5) is 0 Å². The molecule has 0 bridgehead atoms. The Morgan fingerprint density at radius 1 is 1.11 bits per heavy atom. The van der Waals surface area contributed by atoms with Crippen molar-refractivity contribution < 1.29 is 9.53 Å². The predicted molar refractivity (Wildman–Crippen MR) is 113 cm³/mol. The van der Waals surface area contributed by atoms with Gasteiger partial charge in [0, 0.05) is 11.6 Å². The maximum atomic E-state index is 12.4. The molecule has 0 N–H and O–H groups in total. The number of carbonyl (C=O) groups excluding carboxylic acids is 1. The number of benzene rings is 2. The number of fused-ring (bicyclic) bond motifs is 2. The van der Waals surface area contributed by atoms with E-state index in [0.29, 0.717) is 11.8 Å². The van der Waals surface area contributed by atoms with E-state index in [9.17, 15) is 4.79 Å². The topological polar surface area (TPSA) is 57.0 Å². The molecular weight excluding hydrogens is 370 g/mol. The highest BCUT2D eigenvalue weighted by Crippen LogP contribution is 2.37. The number of hydrogen-bond donors (Lipinski definition) is 0. The molecule has 2 heterocycles. The van der Waals surface area contributed by atoms with Crippen LogP contribution in [0.2, 0.25) is 0 Å². The first kappa shape index (κ1) is 18.5. The van der Waals surface area contributed by atoms with E-state index in [0.717, 1.165) is 27.6 Å². The van der Waals surface area contributed by atoms with Crippen LogP contribution in [0, 0.1) is 0 Å². The fraction of sp³-hybridized carbons (Fsp3) is 0.227. The highest BCUT2D eigenvalue weighted by Gasteiger charge is 2.33. The van der Waals surface area contributed by atoms with Crippen molar-refractivity contribution in [3.05, 3.63) is 60.8 Å². The summed E-state index contributed by atoms with van der Waals surface area (Å²) in [6.07, 6.45) is 1.76. The Balaban J connectivity index is 1.93. The Labute approximate surface area is 167 Å². The van der Waals surface area contributed by atoms with Gasteiger partial charge in [-0.2, -0.15) is 0 Å². The minimum absolute atomic E-state index is 0.260. The van der Waals surface area contributed by atoms with Crippen molar-refractivity contribution in [1.82, 2.24) is 14.5 Å². The van der Waals surface area contributed by atoms with Gasteiger partial charge in [0.2, 0.25) is 0 Å². The zero-order valence-electron chi connectivity index (χ0n) is 16.0. The van der Waals surface area contributed by atoms with Crippen LogP contribution in [-0.2, 0) is 9.53 Å². The van der Waals surface area contributed by atoms with Crippen LogP contribution in [0.1, 0.15) is 20.8 Å². The van der Waals surface area contributed by atoms with Crippen molar-refractivity contribution >= 4 is 39.7 Å². The van der Waals surface area contributed by atoms with Crippen LogP contribution >= 0.6 is 11.8 Å². The molecule has 0 aliphatic heterocycles. The Kier molecular flexibility index (Phi) is 4.81. The van der Waals surface area contributed by atoms with Gasteiger partial charge in [-0.3, -0.25) is 9.36 Å². The van der Waals surface area contributed by atoms with Gasteiger partial charge in [0.15, 0.2) is 10.8 Å². The molecule has 6 heteroatoms. The number of aromatic nitrogens is 3. The molecule has 0 spiro atoms. The third-order valence-corrected chi connectivity index (χ3v) is 5.64. The highest BCUT2D eigenvalue weighted by atomic mass is 32.2. The molecule has 0 fully saturated rings. The lowest BCUT2D eigenvalue weighted by Crippen LogP contribution is -2.30. The highest BCUT2D eigenvalue weighted by molar-refractivity contribution is 8.01. The molecule has 5 nitrogen and oxygen atoms in total. The maximum Gasteiger partial charge on any atom is 0.322 e. The number of rotatable bonds is 5. The average molecular weight is 391 g/mol. The number of carbonyl (C=O) groups is 1. The molecule has 4 rings (SSSR count). The normalized spacial score (nSPS) is 11.8. The second kappa shape index (κ2) is 7.28. The van der Waals surface area contributed by atoms with Crippen molar-refractivity contribution in [2.75, 3.05) is 6.61 Å². The smallest absolute Gasteiger partial charge is 0.322 e. The molecule has 0 radical (unpaired) electrons. The molecule has 4 aromatic rings. The standard InChI is InChI=1S/C22H21N3O2S/c1-4-27-20(26)22(2,3)28-21-24-17-12-8-14-23-19(17)25(21)18-13-7-10-15-9-5-6-11-16(15)18/h5-14H,4H2,1-3H3. The van der Waals surface area contributed by atoms with Crippen LogP contribution in [0.5, 0.6) is 0 Å². The lowest BCUT2D eigenvalue weighted by atomic mass is 10.1. The molecule has 2 aromatic heterocycles. The van der Waals surface area contributed by atoms with Crippen molar-refractivity contribution in [1.29, 1.82) is 0 Å². The molecule has 0 unspecified atom stereocenters. The number of pyridine rings is 1. The van der Waals surface area contributed by atoms with Crippen LogP contribution in [0.3, 0.4) is 0 Å². The number of thioether (sulfide) groups is 1. The first-order chi connectivity index (χ1) is 13.5. The van der Waals surface area contributed by atoms with E-state index in [-0.39, 0.29) is 5.97 Å². The summed E-state index contributed by atoms with van der Waals surface area (Å²) in [4.78, 5) is 21.8. The summed E-state index contributed by atoms with van der Waals surface area (Å²) in [5.74, 6) is -0.260.